The number of hydrogen-bond acceptors (Lipinski definition) is 6. The number of thiol groups is 1. The molecule has 10 heteroatoms. The number of amides is 3. The standard InChI is InChI=1S/C22H32N4O5S/c1-13(2)18(20(28)24-16(12-32)22(30)31)25-19(27)17-9-6-10-26(17)21(29)15(23)11-14-7-4-3-5-8-14/h3-5,7-8,13,15-18,32H,6,9-12,23H2,1-2H3,(H,24,28)(H,25,27)(H,30,31). The van der Waals surface area contributed by atoms with Crippen LogP contribution in [0.4, 0.5) is 0 Å². The molecule has 3 amide bonds. The lowest BCUT2D eigenvalue weighted by Crippen LogP contribution is -2.58. The molecular formula is C22H32N4O5S. The summed E-state index contributed by atoms with van der Waals surface area (Å²) in [5.74, 6) is -2.94. The highest BCUT2D eigenvalue weighted by atomic mass is 32.1. The molecule has 9 nitrogen and oxygen atoms in total. The number of nitrogens with two attached hydrogens (primary N) is 1. The Kier molecular flexibility index (Phi) is 9.52. The normalized spacial score (nSPS) is 18.7. The third kappa shape index (κ3) is 6.70. The Balaban J connectivity index is 2.05. The van der Waals surface area contributed by atoms with Crippen molar-refractivity contribution in [1.82, 2.24) is 15.5 Å². The molecule has 176 valence electrons. The monoisotopic (exact) mass is 464 g/mol. The van der Waals surface area contributed by atoms with Crippen LogP contribution < -0.4 is 16.4 Å². The summed E-state index contributed by atoms with van der Waals surface area (Å²) in [6.45, 7) is 3.90. The molecule has 1 saturated heterocycles. The number of nitrogens with zero attached hydrogens (tertiary/aromatic N) is 1. The number of hydrogen-bond donors (Lipinski definition) is 5. The first-order valence-electron chi connectivity index (χ1n) is 10.7. The minimum atomic E-state index is -1.21. The van der Waals surface area contributed by atoms with Gasteiger partial charge in [-0.15, -0.1) is 0 Å². The number of carboxylic acids is 1. The van der Waals surface area contributed by atoms with Crippen LogP contribution in [0.3, 0.4) is 0 Å². The van der Waals surface area contributed by atoms with Crippen molar-refractivity contribution in [3.63, 3.8) is 0 Å². The number of carbonyl (C=O) groups is 4. The molecule has 1 heterocycles. The maximum absolute atomic E-state index is 13.0. The Bertz CT molecular complexity index is 820. The molecule has 0 aromatic heterocycles. The van der Waals surface area contributed by atoms with E-state index in [0.29, 0.717) is 25.8 Å². The summed E-state index contributed by atoms with van der Waals surface area (Å²) in [6, 6.07) is 5.81. The highest BCUT2D eigenvalue weighted by molar-refractivity contribution is 7.80. The minimum Gasteiger partial charge on any atom is -0.480 e. The lowest BCUT2D eigenvalue weighted by Gasteiger charge is -2.29. The number of likely N-dealkylation sites (tertiary alicyclic amines) is 1. The number of aliphatic carboxylic acids is 1. The van der Waals surface area contributed by atoms with Crippen LogP contribution in [0.2, 0.25) is 0 Å². The predicted octanol–water partition coefficient (Wildman–Crippen LogP) is 0.187. The van der Waals surface area contributed by atoms with Crippen molar-refractivity contribution in [2.45, 2.75) is 57.3 Å². The largest absolute Gasteiger partial charge is 0.480 e. The molecule has 0 spiro atoms. The van der Waals surface area contributed by atoms with Crippen molar-refractivity contribution in [2.24, 2.45) is 11.7 Å². The molecule has 1 aromatic carbocycles. The Labute approximate surface area is 193 Å². The fourth-order valence-electron chi connectivity index (χ4n) is 3.70. The van der Waals surface area contributed by atoms with E-state index in [0.717, 1.165) is 5.56 Å². The second-order valence-electron chi connectivity index (χ2n) is 8.30. The minimum absolute atomic E-state index is 0.0793. The molecule has 4 unspecified atom stereocenters. The van der Waals surface area contributed by atoms with Crippen molar-refractivity contribution in [3.8, 4) is 0 Å². The van der Waals surface area contributed by atoms with Crippen molar-refractivity contribution in [3.05, 3.63) is 35.9 Å². The average molecular weight is 465 g/mol. The van der Waals surface area contributed by atoms with Gasteiger partial charge in [-0.05, 0) is 30.7 Å². The van der Waals surface area contributed by atoms with Gasteiger partial charge in [-0.25, -0.2) is 4.79 Å². The molecule has 1 aliphatic heterocycles. The lowest BCUT2D eigenvalue weighted by molar-refractivity contribution is -0.143. The van der Waals surface area contributed by atoms with E-state index in [9.17, 15) is 19.2 Å². The van der Waals surface area contributed by atoms with Gasteiger partial charge in [-0.1, -0.05) is 44.2 Å². The van der Waals surface area contributed by atoms with Gasteiger partial charge in [-0.3, -0.25) is 14.4 Å². The van der Waals surface area contributed by atoms with E-state index >= 15 is 0 Å². The molecular weight excluding hydrogens is 432 g/mol. The van der Waals surface area contributed by atoms with E-state index in [1.807, 2.05) is 30.3 Å². The van der Waals surface area contributed by atoms with E-state index in [2.05, 4.69) is 23.3 Å². The first-order valence-corrected chi connectivity index (χ1v) is 11.3. The van der Waals surface area contributed by atoms with Crippen LogP contribution in [0, 0.1) is 5.92 Å². The summed E-state index contributed by atoms with van der Waals surface area (Å²) < 4.78 is 0. The molecule has 32 heavy (non-hydrogen) atoms. The van der Waals surface area contributed by atoms with Gasteiger partial charge in [0.15, 0.2) is 0 Å². The lowest BCUT2D eigenvalue weighted by atomic mass is 10.0. The summed E-state index contributed by atoms with van der Waals surface area (Å²) in [4.78, 5) is 51.2. The van der Waals surface area contributed by atoms with E-state index in [4.69, 9.17) is 10.8 Å². The molecule has 1 aliphatic rings. The summed E-state index contributed by atoms with van der Waals surface area (Å²) in [7, 11) is 0. The average Bonchev–Trinajstić information content (AvgIpc) is 3.25. The first kappa shape index (κ1) is 25.7. The van der Waals surface area contributed by atoms with Gasteiger partial charge in [0.25, 0.3) is 0 Å². The molecule has 5 N–H and O–H groups in total. The first-order chi connectivity index (χ1) is 15.1. The zero-order valence-electron chi connectivity index (χ0n) is 18.4. The summed E-state index contributed by atoms with van der Waals surface area (Å²) in [5.41, 5.74) is 7.07. The molecule has 0 aliphatic carbocycles. The third-order valence-electron chi connectivity index (χ3n) is 5.50. The van der Waals surface area contributed by atoms with Crippen molar-refractivity contribution in [1.29, 1.82) is 0 Å². The van der Waals surface area contributed by atoms with Gasteiger partial charge in [-0.2, -0.15) is 12.6 Å². The highest BCUT2D eigenvalue weighted by Gasteiger charge is 2.38. The van der Waals surface area contributed by atoms with Gasteiger partial charge in [0.1, 0.15) is 18.1 Å². The fourth-order valence-corrected chi connectivity index (χ4v) is 3.95. The zero-order chi connectivity index (χ0) is 23.8. The number of nitrogens with one attached hydrogen (secondary N) is 2. The summed E-state index contributed by atoms with van der Waals surface area (Å²) in [6.07, 6.45) is 1.49. The van der Waals surface area contributed by atoms with E-state index < -0.39 is 42.0 Å². The Morgan fingerprint density at radius 3 is 2.41 bits per heavy atom. The van der Waals surface area contributed by atoms with Gasteiger partial charge in [0.2, 0.25) is 17.7 Å². The summed E-state index contributed by atoms with van der Waals surface area (Å²) in [5, 5.41) is 14.2. The Morgan fingerprint density at radius 2 is 1.84 bits per heavy atom. The molecule has 0 bridgehead atoms. The number of carbonyl (C=O) groups excluding carboxylic acids is 3. The topological polar surface area (TPSA) is 142 Å². The maximum Gasteiger partial charge on any atom is 0.327 e. The van der Waals surface area contributed by atoms with Crippen molar-refractivity contribution < 1.29 is 24.3 Å². The molecule has 1 aromatic rings. The van der Waals surface area contributed by atoms with Gasteiger partial charge in [0, 0.05) is 12.3 Å². The maximum atomic E-state index is 13.0. The van der Waals surface area contributed by atoms with E-state index in [-0.39, 0.29) is 17.6 Å². The summed E-state index contributed by atoms with van der Waals surface area (Å²) >= 11 is 3.94. The fraction of sp³-hybridized carbons (Fsp3) is 0.545. The highest BCUT2D eigenvalue weighted by Crippen LogP contribution is 2.20. The van der Waals surface area contributed by atoms with Crippen molar-refractivity contribution >= 4 is 36.3 Å². The predicted molar refractivity (Wildman–Crippen MR) is 123 cm³/mol. The van der Waals surface area contributed by atoms with Crippen LogP contribution >= 0.6 is 12.6 Å². The van der Waals surface area contributed by atoms with Gasteiger partial charge < -0.3 is 26.4 Å². The van der Waals surface area contributed by atoms with Crippen LogP contribution in [0.1, 0.15) is 32.3 Å². The second kappa shape index (κ2) is 11.9. The molecule has 4 atom stereocenters. The molecule has 0 radical (unpaired) electrons. The number of rotatable bonds is 10. The van der Waals surface area contributed by atoms with Crippen LogP contribution in [0.25, 0.3) is 0 Å². The SMILES string of the molecule is CC(C)C(NC(=O)C1CCCN1C(=O)C(N)Cc1ccccc1)C(=O)NC(CS)C(=O)O. The Hall–Kier alpha value is -2.59. The Morgan fingerprint density at radius 1 is 1.19 bits per heavy atom. The number of benzene rings is 1. The second-order valence-corrected chi connectivity index (χ2v) is 8.66. The van der Waals surface area contributed by atoms with Crippen LogP contribution in [-0.2, 0) is 25.6 Å². The third-order valence-corrected chi connectivity index (χ3v) is 5.86. The van der Waals surface area contributed by atoms with Crippen LogP contribution in [0.5, 0.6) is 0 Å². The van der Waals surface area contributed by atoms with E-state index in [1.54, 1.807) is 13.8 Å². The smallest absolute Gasteiger partial charge is 0.327 e. The zero-order valence-corrected chi connectivity index (χ0v) is 19.3. The van der Waals surface area contributed by atoms with Crippen LogP contribution in [-0.4, -0.2) is 70.2 Å². The van der Waals surface area contributed by atoms with Gasteiger partial charge >= 0.3 is 5.97 Å². The number of carboxylic acid groups (broad SMARTS) is 1. The molecule has 1 fully saturated rings. The van der Waals surface area contributed by atoms with Crippen LogP contribution in [0.15, 0.2) is 30.3 Å². The van der Waals surface area contributed by atoms with Crippen molar-refractivity contribution in [2.75, 3.05) is 12.3 Å². The molecule has 2 rings (SSSR count). The quantitative estimate of drug-likeness (QED) is 0.313. The molecule has 0 saturated carbocycles. The van der Waals surface area contributed by atoms with E-state index in [1.165, 1.54) is 4.90 Å². The van der Waals surface area contributed by atoms with Gasteiger partial charge in [0.05, 0.1) is 6.04 Å².